The van der Waals surface area contributed by atoms with Crippen LogP contribution in [0.3, 0.4) is 0 Å². The number of hydrogen-bond donors (Lipinski definition) is 0. The number of benzene rings is 1. The van der Waals surface area contributed by atoms with Crippen molar-refractivity contribution in [2.75, 3.05) is 44.2 Å². The van der Waals surface area contributed by atoms with E-state index in [2.05, 4.69) is 21.9 Å². The number of hydrogen-bond acceptors (Lipinski definition) is 6. The number of nitrogens with zero attached hydrogens (tertiary/aromatic N) is 3. The average Bonchev–Trinajstić information content (AvgIpc) is 2.81. The van der Waals surface area contributed by atoms with Gasteiger partial charge in [-0.15, -0.1) is 0 Å². The molecule has 0 atom stereocenters. The summed E-state index contributed by atoms with van der Waals surface area (Å²) in [6, 6.07) is 8.24. The van der Waals surface area contributed by atoms with Crippen molar-refractivity contribution >= 4 is 32.7 Å². The molecule has 2 aromatic rings. The van der Waals surface area contributed by atoms with E-state index in [0.29, 0.717) is 13.2 Å². The summed E-state index contributed by atoms with van der Waals surface area (Å²) < 4.78 is 6.26. The Morgan fingerprint density at radius 1 is 1.27 bits per heavy atom. The van der Waals surface area contributed by atoms with Gasteiger partial charge in [0, 0.05) is 26.2 Å². The van der Waals surface area contributed by atoms with Crippen LogP contribution in [-0.4, -0.2) is 55.2 Å². The van der Waals surface area contributed by atoms with E-state index >= 15 is 0 Å². The maximum atomic E-state index is 11.6. The van der Waals surface area contributed by atoms with Gasteiger partial charge in [0.1, 0.15) is 0 Å². The fraction of sp³-hybridized carbons (Fsp3) is 0.500. The first-order chi connectivity index (χ1) is 10.8. The molecule has 0 radical (unpaired) electrons. The number of rotatable bonds is 4. The second-order valence-corrected chi connectivity index (χ2v) is 6.40. The largest absolute Gasteiger partial charge is 0.465 e. The maximum absolute atomic E-state index is 11.6. The minimum absolute atomic E-state index is 0.129. The fourth-order valence-corrected chi connectivity index (χ4v) is 3.72. The van der Waals surface area contributed by atoms with Crippen molar-refractivity contribution in [1.82, 2.24) is 9.88 Å². The van der Waals surface area contributed by atoms with Crippen molar-refractivity contribution in [3.8, 4) is 0 Å². The van der Waals surface area contributed by atoms with E-state index < -0.39 is 0 Å². The van der Waals surface area contributed by atoms with Gasteiger partial charge in [0.05, 0.1) is 23.4 Å². The van der Waals surface area contributed by atoms with Gasteiger partial charge in [-0.1, -0.05) is 23.5 Å². The highest BCUT2D eigenvalue weighted by Gasteiger charge is 2.19. The van der Waals surface area contributed by atoms with Gasteiger partial charge in [0.25, 0.3) is 0 Å². The summed E-state index contributed by atoms with van der Waals surface area (Å²) in [4.78, 5) is 20.8. The van der Waals surface area contributed by atoms with E-state index in [4.69, 9.17) is 9.72 Å². The summed E-state index contributed by atoms with van der Waals surface area (Å²) >= 11 is 1.74. The van der Waals surface area contributed by atoms with Crippen LogP contribution < -0.4 is 4.90 Å². The Bertz CT molecular complexity index is 610. The van der Waals surface area contributed by atoms with Gasteiger partial charge in [-0.3, -0.25) is 9.69 Å². The van der Waals surface area contributed by atoms with Crippen LogP contribution in [0.2, 0.25) is 0 Å². The molecule has 0 N–H and O–H groups in total. The summed E-state index contributed by atoms with van der Waals surface area (Å²) in [7, 11) is 0. The first-order valence-electron chi connectivity index (χ1n) is 7.75. The molecule has 0 spiro atoms. The molecule has 1 aromatic carbocycles. The highest BCUT2D eigenvalue weighted by molar-refractivity contribution is 7.22. The Morgan fingerprint density at radius 3 is 2.95 bits per heavy atom. The number of para-hydroxylation sites is 1. The van der Waals surface area contributed by atoms with Crippen molar-refractivity contribution in [3.63, 3.8) is 0 Å². The SMILES string of the molecule is CCOC(=O)CN1CCCN(c2nc3ccccc3s2)CC1. The molecule has 0 aliphatic carbocycles. The summed E-state index contributed by atoms with van der Waals surface area (Å²) in [5.74, 6) is -0.129. The number of ether oxygens (including phenoxy) is 1. The van der Waals surface area contributed by atoms with E-state index in [1.54, 1.807) is 11.3 Å². The maximum Gasteiger partial charge on any atom is 0.320 e. The van der Waals surface area contributed by atoms with Gasteiger partial charge in [-0.2, -0.15) is 0 Å². The molecule has 1 aliphatic rings. The van der Waals surface area contributed by atoms with Gasteiger partial charge in [0.15, 0.2) is 5.13 Å². The van der Waals surface area contributed by atoms with Crippen LogP contribution in [0.4, 0.5) is 5.13 Å². The lowest BCUT2D eigenvalue weighted by Gasteiger charge is -2.20. The van der Waals surface area contributed by atoms with Crippen molar-refractivity contribution in [3.05, 3.63) is 24.3 Å². The van der Waals surface area contributed by atoms with Crippen LogP contribution in [0, 0.1) is 0 Å². The molecule has 22 heavy (non-hydrogen) atoms. The summed E-state index contributed by atoms with van der Waals surface area (Å²) in [6.45, 7) is 6.37. The molecule has 0 amide bonds. The molecular weight excluding hydrogens is 298 g/mol. The van der Waals surface area contributed by atoms with E-state index in [-0.39, 0.29) is 5.97 Å². The number of esters is 1. The predicted molar refractivity (Wildman–Crippen MR) is 89.5 cm³/mol. The Hall–Kier alpha value is -1.66. The predicted octanol–water partition coefficient (Wildman–Crippen LogP) is 2.37. The molecule has 1 saturated heterocycles. The quantitative estimate of drug-likeness (QED) is 0.810. The topological polar surface area (TPSA) is 45.7 Å². The highest BCUT2D eigenvalue weighted by atomic mass is 32.1. The number of anilines is 1. The van der Waals surface area contributed by atoms with Gasteiger partial charge in [-0.05, 0) is 25.5 Å². The smallest absolute Gasteiger partial charge is 0.320 e. The minimum atomic E-state index is -0.129. The van der Waals surface area contributed by atoms with Crippen molar-refractivity contribution < 1.29 is 9.53 Å². The summed E-state index contributed by atoms with van der Waals surface area (Å²) in [6.07, 6.45) is 1.04. The normalized spacial score (nSPS) is 16.7. The van der Waals surface area contributed by atoms with Crippen LogP contribution in [-0.2, 0) is 9.53 Å². The monoisotopic (exact) mass is 319 g/mol. The molecule has 0 bridgehead atoms. The molecule has 5 nitrogen and oxygen atoms in total. The van der Waals surface area contributed by atoms with Gasteiger partial charge >= 0.3 is 5.97 Å². The Balaban J connectivity index is 1.63. The molecule has 1 fully saturated rings. The minimum Gasteiger partial charge on any atom is -0.465 e. The highest BCUT2D eigenvalue weighted by Crippen LogP contribution is 2.29. The van der Waals surface area contributed by atoms with Crippen LogP contribution in [0.5, 0.6) is 0 Å². The zero-order valence-electron chi connectivity index (χ0n) is 12.8. The van der Waals surface area contributed by atoms with Crippen molar-refractivity contribution in [1.29, 1.82) is 0 Å². The van der Waals surface area contributed by atoms with E-state index in [9.17, 15) is 4.79 Å². The van der Waals surface area contributed by atoms with E-state index in [0.717, 1.165) is 43.2 Å². The van der Waals surface area contributed by atoms with Crippen molar-refractivity contribution in [2.45, 2.75) is 13.3 Å². The van der Waals surface area contributed by atoms with Gasteiger partial charge in [-0.25, -0.2) is 4.98 Å². The lowest BCUT2D eigenvalue weighted by Crippen LogP contribution is -2.34. The molecule has 3 rings (SSSR count). The molecule has 1 aromatic heterocycles. The van der Waals surface area contributed by atoms with E-state index in [1.807, 2.05) is 19.1 Å². The first-order valence-corrected chi connectivity index (χ1v) is 8.56. The molecule has 1 aliphatic heterocycles. The number of carbonyl (C=O) groups excluding carboxylic acids is 1. The zero-order chi connectivity index (χ0) is 15.4. The number of aromatic nitrogens is 1. The first kappa shape index (κ1) is 15.2. The standard InChI is InChI=1S/C16H21N3O2S/c1-2-21-15(20)12-18-8-5-9-19(11-10-18)16-17-13-6-3-4-7-14(13)22-16/h3-4,6-7H,2,5,8-12H2,1H3. The molecule has 2 heterocycles. The molecule has 0 unspecified atom stereocenters. The Labute approximate surface area is 134 Å². The lowest BCUT2D eigenvalue weighted by molar-refractivity contribution is -0.144. The second kappa shape index (κ2) is 7.07. The van der Waals surface area contributed by atoms with E-state index in [1.165, 1.54) is 4.70 Å². The van der Waals surface area contributed by atoms with Crippen LogP contribution in [0.25, 0.3) is 10.2 Å². The van der Waals surface area contributed by atoms with Crippen molar-refractivity contribution in [2.24, 2.45) is 0 Å². The van der Waals surface area contributed by atoms with Gasteiger partial charge in [0.2, 0.25) is 0 Å². The third-order valence-corrected chi connectivity index (χ3v) is 4.90. The third-order valence-electron chi connectivity index (χ3n) is 3.80. The molecule has 0 saturated carbocycles. The second-order valence-electron chi connectivity index (χ2n) is 5.39. The van der Waals surface area contributed by atoms with Crippen LogP contribution in [0.15, 0.2) is 24.3 Å². The van der Waals surface area contributed by atoms with Crippen LogP contribution >= 0.6 is 11.3 Å². The summed E-state index contributed by atoms with van der Waals surface area (Å²) in [5, 5.41) is 1.08. The molecule has 118 valence electrons. The zero-order valence-corrected chi connectivity index (χ0v) is 13.6. The summed E-state index contributed by atoms with van der Waals surface area (Å²) in [5.41, 5.74) is 1.06. The average molecular weight is 319 g/mol. The van der Waals surface area contributed by atoms with Crippen LogP contribution in [0.1, 0.15) is 13.3 Å². The lowest BCUT2D eigenvalue weighted by atomic mass is 10.3. The molecule has 6 heteroatoms. The fourth-order valence-electron chi connectivity index (χ4n) is 2.70. The Morgan fingerprint density at radius 2 is 2.14 bits per heavy atom. The number of carbonyl (C=O) groups is 1. The number of thiazole rings is 1. The van der Waals surface area contributed by atoms with Gasteiger partial charge < -0.3 is 9.64 Å². The Kier molecular flexibility index (Phi) is 4.90. The number of fused-ring (bicyclic) bond motifs is 1. The third kappa shape index (κ3) is 3.56. The molecular formula is C16H21N3O2S.